The maximum absolute atomic E-state index is 15.4. The number of nitriles is 1. The van der Waals surface area contributed by atoms with E-state index in [9.17, 15) is 10.1 Å². The molecule has 0 spiro atoms. The molecule has 1 atom stereocenters. The largest absolute Gasteiger partial charge is 0.450 e. The summed E-state index contributed by atoms with van der Waals surface area (Å²) in [6, 6.07) is 14.1. The number of ether oxygens (including phenoxy) is 3. The van der Waals surface area contributed by atoms with Crippen LogP contribution in [0.2, 0.25) is 25.7 Å². The quantitative estimate of drug-likeness (QED) is 0.113. The molecular formula is C34H37F2N3O4Si. The molecule has 0 N–H and O–H groups in total. The first-order chi connectivity index (χ1) is 21.0. The second kappa shape index (κ2) is 13.4. The zero-order valence-electron chi connectivity index (χ0n) is 25.5. The first-order valence-electron chi connectivity index (χ1n) is 14.8. The van der Waals surface area contributed by atoms with Gasteiger partial charge in [0.2, 0.25) is 0 Å². The number of fused-ring (bicyclic) bond motifs is 1. The van der Waals surface area contributed by atoms with Gasteiger partial charge in [-0.1, -0.05) is 38.7 Å². The number of hydrogen-bond donors (Lipinski definition) is 0. The van der Waals surface area contributed by atoms with Crippen LogP contribution in [0.15, 0.2) is 54.9 Å². The molecule has 4 aromatic rings. The van der Waals surface area contributed by atoms with Gasteiger partial charge in [0.1, 0.15) is 23.9 Å². The second-order valence-electron chi connectivity index (χ2n) is 12.7. The van der Waals surface area contributed by atoms with Gasteiger partial charge in [-0.25, -0.2) is 13.8 Å². The van der Waals surface area contributed by atoms with Gasteiger partial charge in [-0.2, -0.15) is 5.26 Å². The van der Waals surface area contributed by atoms with E-state index in [1.54, 1.807) is 24.3 Å². The number of carbonyl (C=O) groups is 1. The molecule has 1 aliphatic rings. The number of halogens is 2. The number of pyridine rings is 1. The average molecular weight is 618 g/mol. The third-order valence-electron chi connectivity index (χ3n) is 7.94. The fourth-order valence-electron chi connectivity index (χ4n) is 5.22. The van der Waals surface area contributed by atoms with Crippen molar-refractivity contribution in [2.24, 2.45) is 11.8 Å². The molecule has 230 valence electrons. The third kappa shape index (κ3) is 7.41. The number of aromatic nitrogens is 2. The molecule has 0 saturated carbocycles. The Hall–Kier alpha value is -3.91. The van der Waals surface area contributed by atoms with Crippen LogP contribution in [-0.2, 0) is 27.4 Å². The minimum atomic E-state index is -1.29. The van der Waals surface area contributed by atoms with E-state index in [1.807, 2.05) is 23.8 Å². The van der Waals surface area contributed by atoms with Crippen LogP contribution in [0.1, 0.15) is 24.5 Å². The Morgan fingerprint density at radius 1 is 1.18 bits per heavy atom. The van der Waals surface area contributed by atoms with Gasteiger partial charge in [-0.05, 0) is 53.4 Å². The van der Waals surface area contributed by atoms with Crippen LogP contribution in [0.4, 0.5) is 8.78 Å². The number of Topliss-reactive ketones (excluding diaryl/α,β-unsaturated/α-hetero) is 1. The van der Waals surface area contributed by atoms with Crippen molar-refractivity contribution in [3.8, 4) is 28.7 Å². The summed E-state index contributed by atoms with van der Waals surface area (Å²) in [5.74, 6) is -1.75. The van der Waals surface area contributed by atoms with Crippen LogP contribution in [0.25, 0.3) is 22.2 Å². The van der Waals surface area contributed by atoms with Gasteiger partial charge in [0.05, 0.1) is 30.2 Å². The highest BCUT2D eigenvalue weighted by Crippen LogP contribution is 2.40. The summed E-state index contributed by atoms with van der Waals surface area (Å²) >= 11 is 0. The molecular weight excluding hydrogens is 580 g/mol. The summed E-state index contributed by atoms with van der Waals surface area (Å²) in [6.07, 6.45) is 3.64. The highest BCUT2D eigenvalue weighted by Gasteiger charge is 2.27. The number of ketones is 1. The number of nitrogens with zero attached hydrogens (tertiary/aromatic N) is 3. The lowest BCUT2D eigenvalue weighted by atomic mass is 9.87. The molecule has 1 aliphatic heterocycles. The first kappa shape index (κ1) is 31.5. The molecule has 5 rings (SSSR count). The van der Waals surface area contributed by atoms with E-state index in [2.05, 4.69) is 30.7 Å². The monoisotopic (exact) mass is 617 g/mol. The molecule has 1 saturated heterocycles. The molecule has 0 bridgehead atoms. The molecule has 7 nitrogen and oxygen atoms in total. The van der Waals surface area contributed by atoms with E-state index >= 15 is 8.78 Å². The zero-order valence-corrected chi connectivity index (χ0v) is 26.5. The van der Waals surface area contributed by atoms with Gasteiger partial charge in [0, 0.05) is 51.4 Å². The average Bonchev–Trinajstić information content (AvgIpc) is 3.31. The third-order valence-corrected chi connectivity index (χ3v) is 9.64. The minimum absolute atomic E-state index is 0.0640. The number of carbonyl (C=O) groups excluding carboxylic acids is 1. The van der Waals surface area contributed by atoms with Crippen LogP contribution in [0.3, 0.4) is 0 Å². The van der Waals surface area contributed by atoms with Crippen molar-refractivity contribution >= 4 is 24.9 Å². The maximum Gasteiger partial charge on any atom is 0.198 e. The van der Waals surface area contributed by atoms with E-state index in [0.717, 1.165) is 23.7 Å². The summed E-state index contributed by atoms with van der Waals surface area (Å²) in [6.45, 7) is 11.0. The lowest BCUT2D eigenvalue weighted by Gasteiger charge is -2.31. The van der Waals surface area contributed by atoms with E-state index in [0.29, 0.717) is 54.3 Å². The van der Waals surface area contributed by atoms with Gasteiger partial charge >= 0.3 is 0 Å². The highest BCUT2D eigenvalue weighted by atomic mass is 28.3. The Kier molecular flexibility index (Phi) is 9.58. The van der Waals surface area contributed by atoms with Crippen molar-refractivity contribution in [2.45, 2.75) is 52.2 Å². The minimum Gasteiger partial charge on any atom is -0.450 e. The lowest BCUT2D eigenvalue weighted by Crippen LogP contribution is -2.34. The zero-order chi connectivity index (χ0) is 31.4. The van der Waals surface area contributed by atoms with E-state index < -0.39 is 25.5 Å². The Bertz CT molecular complexity index is 1680. The van der Waals surface area contributed by atoms with Gasteiger partial charge in [0.25, 0.3) is 0 Å². The summed E-state index contributed by atoms with van der Waals surface area (Å²) in [4.78, 5) is 17.2. The van der Waals surface area contributed by atoms with Gasteiger partial charge in [-0.15, -0.1) is 0 Å². The molecule has 3 heterocycles. The summed E-state index contributed by atoms with van der Waals surface area (Å²) in [7, 11) is -1.29. The number of benzene rings is 2. The standard InChI is InChI=1S/C34H37F2N3O4Si/c1-22(26-19-42-20-26)12-27(40)14-24-15-29(35)33(30(36)16-24)43-31-8-9-38-34-32(31)28(25-7-5-6-23(13-25)17-37)18-39(34)21-41-10-11-44(2,3)4/h5-9,13,15-16,18,22,26H,10-12,14,19-21H2,1-4H3. The van der Waals surface area contributed by atoms with Crippen molar-refractivity contribution in [3.05, 3.63) is 77.6 Å². The normalized spacial score (nSPS) is 14.3. The van der Waals surface area contributed by atoms with Crippen LogP contribution in [-0.4, -0.2) is 43.2 Å². The SMILES string of the molecule is CC(CC(=O)Cc1cc(F)c(Oc2ccnc3c2c(-c2cccc(C#N)c2)cn3COCC[Si](C)(C)C)c(F)c1)C1COC1. The number of hydrogen-bond acceptors (Lipinski definition) is 6. The lowest BCUT2D eigenvalue weighted by molar-refractivity contribution is -0.121. The predicted molar refractivity (Wildman–Crippen MR) is 167 cm³/mol. The molecule has 2 aromatic heterocycles. The first-order valence-corrected chi connectivity index (χ1v) is 18.5. The van der Waals surface area contributed by atoms with Crippen LogP contribution in [0.5, 0.6) is 11.5 Å². The Labute approximate surface area is 257 Å². The van der Waals surface area contributed by atoms with Gasteiger partial charge in [-0.3, -0.25) is 4.79 Å². The van der Waals surface area contributed by atoms with E-state index in [1.165, 1.54) is 6.20 Å². The topological polar surface area (TPSA) is 86.4 Å². The van der Waals surface area contributed by atoms with Crippen molar-refractivity contribution in [2.75, 3.05) is 19.8 Å². The molecule has 0 radical (unpaired) electrons. The highest BCUT2D eigenvalue weighted by molar-refractivity contribution is 6.76. The predicted octanol–water partition coefficient (Wildman–Crippen LogP) is 7.74. The molecule has 0 amide bonds. The summed E-state index contributed by atoms with van der Waals surface area (Å²) in [5, 5.41) is 10.0. The van der Waals surface area contributed by atoms with Crippen LogP contribution >= 0.6 is 0 Å². The molecule has 1 fully saturated rings. The van der Waals surface area contributed by atoms with Gasteiger partial charge in [0.15, 0.2) is 17.4 Å². The Morgan fingerprint density at radius 3 is 2.59 bits per heavy atom. The van der Waals surface area contributed by atoms with Gasteiger partial charge < -0.3 is 18.8 Å². The van der Waals surface area contributed by atoms with Crippen LogP contribution in [0, 0.1) is 34.8 Å². The Morgan fingerprint density at radius 2 is 1.93 bits per heavy atom. The fraction of sp³-hybridized carbons (Fsp3) is 0.382. The van der Waals surface area contributed by atoms with Crippen molar-refractivity contribution in [1.82, 2.24) is 9.55 Å². The number of rotatable bonds is 13. The van der Waals surface area contributed by atoms with E-state index in [-0.39, 0.29) is 36.2 Å². The molecule has 2 aromatic carbocycles. The molecule has 0 aliphatic carbocycles. The second-order valence-corrected chi connectivity index (χ2v) is 18.4. The summed E-state index contributed by atoms with van der Waals surface area (Å²) < 4.78 is 49.7. The molecule has 44 heavy (non-hydrogen) atoms. The van der Waals surface area contributed by atoms with Crippen molar-refractivity contribution < 1.29 is 27.8 Å². The Balaban J connectivity index is 1.44. The van der Waals surface area contributed by atoms with Crippen molar-refractivity contribution in [3.63, 3.8) is 0 Å². The maximum atomic E-state index is 15.4. The molecule has 1 unspecified atom stereocenters. The molecule has 10 heteroatoms. The van der Waals surface area contributed by atoms with E-state index in [4.69, 9.17) is 14.2 Å². The van der Waals surface area contributed by atoms with Crippen molar-refractivity contribution in [1.29, 1.82) is 5.26 Å². The smallest absolute Gasteiger partial charge is 0.198 e. The summed E-state index contributed by atoms with van der Waals surface area (Å²) in [5.41, 5.74) is 2.65. The fourth-order valence-corrected chi connectivity index (χ4v) is 5.97. The van der Waals surface area contributed by atoms with Crippen LogP contribution < -0.4 is 4.74 Å².